The maximum atomic E-state index is 13.0. The van der Waals surface area contributed by atoms with Gasteiger partial charge in [0.1, 0.15) is 19.3 Å². The summed E-state index contributed by atoms with van der Waals surface area (Å²) in [6.07, 6.45) is 50.4. The van der Waals surface area contributed by atoms with Gasteiger partial charge in [0.25, 0.3) is 0 Å². The average Bonchev–Trinajstić information content (AvgIpc) is 3.65. The number of phosphoric ester groups is 2. The van der Waals surface area contributed by atoms with Gasteiger partial charge in [0, 0.05) is 25.7 Å². The minimum Gasteiger partial charge on any atom is -0.462 e. The summed E-state index contributed by atoms with van der Waals surface area (Å²) >= 11 is 0. The van der Waals surface area contributed by atoms with E-state index in [1.54, 1.807) is 0 Å². The van der Waals surface area contributed by atoms with E-state index in [1.165, 1.54) is 173 Å². The van der Waals surface area contributed by atoms with Crippen LogP contribution in [0, 0.1) is 5.92 Å². The van der Waals surface area contributed by atoms with Crippen molar-refractivity contribution in [2.24, 2.45) is 5.92 Å². The zero-order chi connectivity index (χ0) is 65.6. The van der Waals surface area contributed by atoms with Gasteiger partial charge in [-0.05, 0) is 31.6 Å². The molecule has 0 aliphatic heterocycles. The molecule has 0 fully saturated rings. The molecule has 19 heteroatoms. The Hall–Kier alpha value is -1.94. The minimum atomic E-state index is -4.95. The highest BCUT2D eigenvalue weighted by Crippen LogP contribution is 2.45. The van der Waals surface area contributed by atoms with E-state index < -0.39 is 97.5 Å². The first-order valence-electron chi connectivity index (χ1n) is 36.6. The molecule has 528 valence electrons. The van der Waals surface area contributed by atoms with E-state index in [1.807, 2.05) is 0 Å². The van der Waals surface area contributed by atoms with Gasteiger partial charge >= 0.3 is 39.5 Å². The smallest absolute Gasteiger partial charge is 0.462 e. The van der Waals surface area contributed by atoms with Crippen molar-refractivity contribution in [2.45, 2.75) is 380 Å². The molecule has 0 heterocycles. The molecule has 0 radical (unpaired) electrons. The van der Waals surface area contributed by atoms with Gasteiger partial charge in [-0.15, -0.1) is 0 Å². The number of ether oxygens (including phenoxy) is 4. The normalized spacial score (nSPS) is 14.1. The highest BCUT2D eigenvalue weighted by atomic mass is 31.2. The quantitative estimate of drug-likeness (QED) is 0.0222. The second-order valence-electron chi connectivity index (χ2n) is 25.7. The average molecular weight is 1310 g/mol. The number of carbonyl (C=O) groups is 4. The Bertz CT molecular complexity index is 1720. The number of aliphatic hydroxyl groups is 1. The van der Waals surface area contributed by atoms with E-state index in [0.29, 0.717) is 31.6 Å². The van der Waals surface area contributed by atoms with Gasteiger partial charge in [-0.1, -0.05) is 311 Å². The molecule has 17 nitrogen and oxygen atoms in total. The number of carbonyl (C=O) groups excluding carboxylic acids is 4. The third-order valence-electron chi connectivity index (χ3n) is 16.3. The number of phosphoric acid groups is 2. The molecule has 0 aromatic carbocycles. The van der Waals surface area contributed by atoms with Gasteiger partial charge in [-0.2, -0.15) is 0 Å². The molecule has 5 atom stereocenters. The summed E-state index contributed by atoms with van der Waals surface area (Å²) in [6, 6.07) is 0. The molecular weight excluding hydrogens is 1170 g/mol. The second kappa shape index (κ2) is 63.5. The molecule has 0 saturated carbocycles. The highest BCUT2D eigenvalue weighted by Gasteiger charge is 2.30. The fourth-order valence-electron chi connectivity index (χ4n) is 10.6. The lowest BCUT2D eigenvalue weighted by atomic mass is 10.0. The Morgan fingerprint density at radius 1 is 0.303 bits per heavy atom. The topological polar surface area (TPSA) is 237 Å². The third-order valence-corrected chi connectivity index (χ3v) is 18.2. The van der Waals surface area contributed by atoms with Crippen LogP contribution in [0.2, 0.25) is 0 Å². The molecule has 0 bridgehead atoms. The molecule has 3 N–H and O–H groups in total. The van der Waals surface area contributed by atoms with Crippen LogP contribution in [-0.2, 0) is 65.4 Å². The van der Waals surface area contributed by atoms with Crippen molar-refractivity contribution >= 4 is 39.5 Å². The number of esters is 4. The summed E-state index contributed by atoms with van der Waals surface area (Å²) in [6.45, 7) is 7.10. The van der Waals surface area contributed by atoms with E-state index in [2.05, 4.69) is 34.6 Å². The van der Waals surface area contributed by atoms with Gasteiger partial charge in [0.05, 0.1) is 26.4 Å². The van der Waals surface area contributed by atoms with Gasteiger partial charge < -0.3 is 33.8 Å². The van der Waals surface area contributed by atoms with E-state index in [-0.39, 0.29) is 25.7 Å². The SMILES string of the molecule is CCCCCCCCCCCCCCCCCCCCCCCC(=O)O[C@H](COC(=O)CCCCCCCCCCCCCC)COP(=O)(O)OC[C@@H](O)COP(=O)(O)OC[C@@H](COC(=O)CCCCCCCCC)OC(=O)CCCCCCCCC(C)C. The lowest BCUT2D eigenvalue weighted by Gasteiger charge is -2.21. The summed E-state index contributed by atoms with van der Waals surface area (Å²) in [5, 5.41) is 10.6. The summed E-state index contributed by atoms with van der Waals surface area (Å²) in [4.78, 5) is 72.3. The van der Waals surface area contributed by atoms with Gasteiger partial charge in [0.15, 0.2) is 12.2 Å². The minimum absolute atomic E-state index is 0.102. The van der Waals surface area contributed by atoms with E-state index in [4.69, 9.17) is 37.0 Å². The number of aliphatic hydroxyl groups excluding tert-OH is 1. The molecule has 0 spiro atoms. The zero-order valence-corrected chi connectivity index (χ0v) is 59.4. The molecule has 0 rings (SSSR count). The first-order chi connectivity index (χ1) is 43.0. The van der Waals surface area contributed by atoms with Crippen LogP contribution in [0.15, 0.2) is 0 Å². The van der Waals surface area contributed by atoms with Crippen LogP contribution >= 0.6 is 15.6 Å². The van der Waals surface area contributed by atoms with E-state index >= 15 is 0 Å². The van der Waals surface area contributed by atoms with Crippen LogP contribution in [0.25, 0.3) is 0 Å². The molecular formula is C70H136O17P2. The van der Waals surface area contributed by atoms with Crippen LogP contribution in [0.1, 0.15) is 362 Å². The largest absolute Gasteiger partial charge is 0.472 e. The zero-order valence-electron chi connectivity index (χ0n) is 57.6. The monoisotopic (exact) mass is 1310 g/mol. The Labute approximate surface area is 543 Å². The van der Waals surface area contributed by atoms with Crippen molar-refractivity contribution in [3.63, 3.8) is 0 Å². The molecule has 0 aliphatic carbocycles. The molecule has 0 amide bonds. The Morgan fingerprint density at radius 2 is 0.517 bits per heavy atom. The van der Waals surface area contributed by atoms with Crippen LogP contribution in [0.3, 0.4) is 0 Å². The Balaban J connectivity index is 5.12. The van der Waals surface area contributed by atoms with Crippen molar-refractivity contribution in [3.05, 3.63) is 0 Å². The summed E-state index contributed by atoms with van der Waals surface area (Å²) in [5.41, 5.74) is 0. The van der Waals surface area contributed by atoms with Crippen molar-refractivity contribution in [1.29, 1.82) is 0 Å². The summed E-state index contributed by atoms with van der Waals surface area (Å²) in [5.74, 6) is -1.46. The Kier molecular flexibility index (Phi) is 62.1. The lowest BCUT2D eigenvalue weighted by molar-refractivity contribution is -0.161. The highest BCUT2D eigenvalue weighted by molar-refractivity contribution is 7.47. The number of hydrogen-bond donors (Lipinski definition) is 3. The first-order valence-corrected chi connectivity index (χ1v) is 39.6. The van der Waals surface area contributed by atoms with Gasteiger partial charge in [-0.25, -0.2) is 9.13 Å². The molecule has 0 aromatic rings. The molecule has 0 aromatic heterocycles. The van der Waals surface area contributed by atoms with E-state index in [9.17, 15) is 43.2 Å². The second-order valence-corrected chi connectivity index (χ2v) is 28.7. The first kappa shape index (κ1) is 87.1. The fraction of sp³-hybridized carbons (Fsp3) is 0.943. The fourth-order valence-corrected chi connectivity index (χ4v) is 12.2. The van der Waals surface area contributed by atoms with Gasteiger partial charge in [-0.3, -0.25) is 37.3 Å². The van der Waals surface area contributed by atoms with Gasteiger partial charge in [0.2, 0.25) is 0 Å². The Morgan fingerprint density at radius 3 is 0.764 bits per heavy atom. The van der Waals surface area contributed by atoms with Crippen LogP contribution < -0.4 is 0 Å². The maximum Gasteiger partial charge on any atom is 0.472 e. The third kappa shape index (κ3) is 64.6. The van der Waals surface area contributed by atoms with Crippen LogP contribution in [0.5, 0.6) is 0 Å². The van der Waals surface area contributed by atoms with E-state index in [0.717, 1.165) is 103 Å². The van der Waals surface area contributed by atoms with Crippen LogP contribution in [-0.4, -0.2) is 96.7 Å². The standard InChI is InChI=1S/C70H136O17P2/c1-6-9-12-15-18-20-22-24-25-26-27-28-29-30-31-32-34-36-39-45-50-55-69(74)86-65(60-81-68(73)54-49-44-38-35-33-23-21-19-16-13-10-7-2)61-84-88(76,77)82-57-64(71)58-83-89(78,79)85-62-66(59-80-67(72)53-48-43-37-17-14-11-8-3)87-70(75)56-51-46-41-40-42-47-52-63(4)5/h63-66,71H,6-62H2,1-5H3,(H,76,77)(H,78,79)/t64-,65-,66-/m1/s1. The molecule has 89 heavy (non-hydrogen) atoms. The number of rotatable bonds is 70. The predicted molar refractivity (Wildman–Crippen MR) is 358 cm³/mol. The van der Waals surface area contributed by atoms with Crippen molar-refractivity contribution in [3.8, 4) is 0 Å². The number of hydrogen-bond acceptors (Lipinski definition) is 15. The van der Waals surface area contributed by atoms with Crippen molar-refractivity contribution in [2.75, 3.05) is 39.6 Å². The summed E-state index contributed by atoms with van der Waals surface area (Å²) < 4.78 is 68.1. The molecule has 0 saturated heterocycles. The van der Waals surface area contributed by atoms with Crippen LogP contribution in [0.4, 0.5) is 0 Å². The maximum absolute atomic E-state index is 13.0. The number of unbranched alkanes of at least 4 members (excludes halogenated alkanes) is 42. The lowest BCUT2D eigenvalue weighted by Crippen LogP contribution is -2.30. The molecule has 2 unspecified atom stereocenters. The van der Waals surface area contributed by atoms with Crippen molar-refractivity contribution in [1.82, 2.24) is 0 Å². The predicted octanol–water partition coefficient (Wildman–Crippen LogP) is 20.1. The molecule has 0 aliphatic rings. The van der Waals surface area contributed by atoms with Crippen molar-refractivity contribution < 1.29 is 80.2 Å². The summed E-state index contributed by atoms with van der Waals surface area (Å²) in [7, 11) is -9.89.